The van der Waals surface area contributed by atoms with E-state index < -0.39 is 0 Å². The summed E-state index contributed by atoms with van der Waals surface area (Å²) in [6.07, 6.45) is 1.13. The van der Waals surface area contributed by atoms with E-state index in [0.717, 1.165) is 42.4 Å². The Hall–Kier alpha value is -1.81. The standard InChI is InChI=1S/C15H20N4/c1-10-4-5-12(8-11(10)2)14-13(9-16)19-7-3-6-17-15(19)18-14/h4-5,8H,3,6-7,9,16H2,1-2H3,(H,17,18). The molecule has 0 aliphatic carbocycles. The van der Waals surface area contributed by atoms with Crippen LogP contribution in [0.2, 0.25) is 0 Å². The van der Waals surface area contributed by atoms with Crippen LogP contribution in [0.4, 0.5) is 5.95 Å². The molecule has 1 aliphatic heterocycles. The molecule has 0 saturated heterocycles. The number of imidazole rings is 1. The summed E-state index contributed by atoms with van der Waals surface area (Å²) < 4.78 is 2.22. The van der Waals surface area contributed by atoms with Gasteiger partial charge in [0.05, 0.1) is 11.4 Å². The third-order valence-corrected chi connectivity index (χ3v) is 3.89. The summed E-state index contributed by atoms with van der Waals surface area (Å²) in [6.45, 7) is 6.79. The molecular formula is C15H20N4. The summed E-state index contributed by atoms with van der Waals surface area (Å²) in [4.78, 5) is 4.73. The van der Waals surface area contributed by atoms with Crippen molar-refractivity contribution in [1.82, 2.24) is 9.55 Å². The van der Waals surface area contributed by atoms with Crippen molar-refractivity contribution in [2.45, 2.75) is 33.4 Å². The molecule has 0 atom stereocenters. The number of aryl methyl sites for hydroxylation is 2. The second kappa shape index (κ2) is 4.70. The maximum absolute atomic E-state index is 5.94. The quantitative estimate of drug-likeness (QED) is 0.867. The van der Waals surface area contributed by atoms with Crippen LogP contribution in [0, 0.1) is 13.8 Å². The molecule has 2 aromatic rings. The highest BCUT2D eigenvalue weighted by molar-refractivity contribution is 5.66. The number of benzene rings is 1. The first-order valence-electron chi connectivity index (χ1n) is 6.81. The Morgan fingerprint density at radius 1 is 1.32 bits per heavy atom. The van der Waals surface area contributed by atoms with Crippen molar-refractivity contribution in [1.29, 1.82) is 0 Å². The van der Waals surface area contributed by atoms with Crippen LogP contribution in [0.15, 0.2) is 18.2 Å². The van der Waals surface area contributed by atoms with E-state index >= 15 is 0 Å². The highest BCUT2D eigenvalue weighted by Gasteiger charge is 2.19. The Bertz CT molecular complexity index is 613. The lowest BCUT2D eigenvalue weighted by molar-refractivity contribution is 0.604. The molecule has 100 valence electrons. The highest BCUT2D eigenvalue weighted by atomic mass is 15.2. The van der Waals surface area contributed by atoms with Gasteiger partial charge in [-0.05, 0) is 37.5 Å². The van der Waals surface area contributed by atoms with E-state index in [0.29, 0.717) is 6.54 Å². The van der Waals surface area contributed by atoms with Crippen molar-refractivity contribution in [2.75, 3.05) is 11.9 Å². The van der Waals surface area contributed by atoms with Crippen molar-refractivity contribution >= 4 is 5.95 Å². The van der Waals surface area contributed by atoms with Crippen LogP contribution in [-0.2, 0) is 13.1 Å². The number of nitrogens with two attached hydrogens (primary N) is 1. The molecule has 1 aromatic carbocycles. The fourth-order valence-corrected chi connectivity index (χ4v) is 2.63. The topological polar surface area (TPSA) is 55.9 Å². The van der Waals surface area contributed by atoms with Gasteiger partial charge in [0, 0.05) is 25.2 Å². The van der Waals surface area contributed by atoms with Crippen molar-refractivity contribution in [3.05, 3.63) is 35.0 Å². The van der Waals surface area contributed by atoms with Crippen LogP contribution in [0.1, 0.15) is 23.2 Å². The van der Waals surface area contributed by atoms with Gasteiger partial charge < -0.3 is 15.6 Å². The minimum Gasteiger partial charge on any atom is -0.356 e. The summed E-state index contributed by atoms with van der Waals surface area (Å²) in [5, 5.41) is 3.35. The highest BCUT2D eigenvalue weighted by Crippen LogP contribution is 2.29. The van der Waals surface area contributed by atoms with Crippen molar-refractivity contribution < 1.29 is 0 Å². The predicted molar refractivity (Wildman–Crippen MR) is 78.1 cm³/mol. The average molecular weight is 256 g/mol. The second-order valence-electron chi connectivity index (χ2n) is 5.17. The molecule has 0 radical (unpaired) electrons. The van der Waals surface area contributed by atoms with Gasteiger partial charge >= 0.3 is 0 Å². The Labute approximate surface area is 113 Å². The predicted octanol–water partition coefficient (Wildman–Crippen LogP) is 2.44. The molecule has 0 amide bonds. The van der Waals surface area contributed by atoms with Crippen LogP contribution in [0.5, 0.6) is 0 Å². The zero-order valence-corrected chi connectivity index (χ0v) is 11.5. The molecule has 0 unspecified atom stereocenters. The van der Waals surface area contributed by atoms with E-state index in [1.54, 1.807) is 0 Å². The number of hydrogen-bond donors (Lipinski definition) is 2. The van der Waals surface area contributed by atoms with Crippen LogP contribution >= 0.6 is 0 Å². The monoisotopic (exact) mass is 256 g/mol. The largest absolute Gasteiger partial charge is 0.356 e. The van der Waals surface area contributed by atoms with Crippen LogP contribution in [-0.4, -0.2) is 16.1 Å². The first-order valence-corrected chi connectivity index (χ1v) is 6.81. The first kappa shape index (κ1) is 12.2. The number of fused-ring (bicyclic) bond motifs is 1. The van der Waals surface area contributed by atoms with Gasteiger partial charge in [-0.15, -0.1) is 0 Å². The van der Waals surface area contributed by atoms with Gasteiger partial charge in [0.1, 0.15) is 0 Å². The molecule has 19 heavy (non-hydrogen) atoms. The van der Waals surface area contributed by atoms with Gasteiger partial charge in [-0.1, -0.05) is 12.1 Å². The summed E-state index contributed by atoms with van der Waals surface area (Å²) in [7, 11) is 0. The van der Waals surface area contributed by atoms with E-state index in [9.17, 15) is 0 Å². The molecule has 1 aliphatic rings. The van der Waals surface area contributed by atoms with Crippen LogP contribution in [0.25, 0.3) is 11.3 Å². The van der Waals surface area contributed by atoms with Crippen molar-refractivity contribution in [3.63, 3.8) is 0 Å². The maximum atomic E-state index is 5.94. The Morgan fingerprint density at radius 2 is 2.16 bits per heavy atom. The Morgan fingerprint density at radius 3 is 2.89 bits per heavy atom. The molecule has 4 nitrogen and oxygen atoms in total. The van der Waals surface area contributed by atoms with E-state index in [-0.39, 0.29) is 0 Å². The molecule has 0 bridgehead atoms. The molecule has 2 heterocycles. The second-order valence-corrected chi connectivity index (χ2v) is 5.17. The normalized spacial score (nSPS) is 14.1. The minimum atomic E-state index is 0.525. The van der Waals surface area contributed by atoms with E-state index in [1.165, 1.54) is 11.1 Å². The molecule has 1 aromatic heterocycles. The molecule has 3 N–H and O–H groups in total. The van der Waals surface area contributed by atoms with Crippen LogP contribution < -0.4 is 11.1 Å². The molecule has 0 saturated carbocycles. The van der Waals surface area contributed by atoms with Gasteiger partial charge in [-0.3, -0.25) is 0 Å². The van der Waals surface area contributed by atoms with Crippen molar-refractivity contribution in [2.24, 2.45) is 5.73 Å². The minimum absolute atomic E-state index is 0.525. The summed E-state index contributed by atoms with van der Waals surface area (Å²) in [6, 6.07) is 6.48. The average Bonchev–Trinajstić information content (AvgIpc) is 2.80. The molecule has 0 spiro atoms. The Balaban J connectivity index is 2.13. The van der Waals surface area contributed by atoms with Gasteiger partial charge in [0.25, 0.3) is 0 Å². The molecular weight excluding hydrogens is 236 g/mol. The van der Waals surface area contributed by atoms with Gasteiger partial charge in [0.15, 0.2) is 0 Å². The van der Waals surface area contributed by atoms with Crippen molar-refractivity contribution in [3.8, 4) is 11.3 Å². The molecule has 0 fully saturated rings. The van der Waals surface area contributed by atoms with Crippen LogP contribution in [0.3, 0.4) is 0 Å². The SMILES string of the molecule is Cc1ccc(-c2nc3n(c2CN)CCCN3)cc1C. The molecule has 3 rings (SSSR count). The summed E-state index contributed by atoms with van der Waals surface area (Å²) in [5.41, 5.74) is 11.8. The zero-order chi connectivity index (χ0) is 13.4. The van der Waals surface area contributed by atoms with E-state index in [2.05, 4.69) is 41.9 Å². The number of rotatable bonds is 2. The summed E-state index contributed by atoms with van der Waals surface area (Å²) in [5.74, 6) is 0.958. The lowest BCUT2D eigenvalue weighted by atomic mass is 10.0. The van der Waals surface area contributed by atoms with E-state index in [4.69, 9.17) is 10.7 Å². The lowest BCUT2D eigenvalue weighted by Gasteiger charge is -2.17. The first-order chi connectivity index (χ1) is 9.20. The number of anilines is 1. The fourth-order valence-electron chi connectivity index (χ4n) is 2.63. The smallest absolute Gasteiger partial charge is 0.203 e. The maximum Gasteiger partial charge on any atom is 0.203 e. The summed E-state index contributed by atoms with van der Waals surface area (Å²) >= 11 is 0. The third kappa shape index (κ3) is 2.02. The van der Waals surface area contributed by atoms with Gasteiger partial charge in [0.2, 0.25) is 5.95 Å². The molecule has 4 heteroatoms. The lowest BCUT2D eigenvalue weighted by Crippen LogP contribution is -2.19. The third-order valence-electron chi connectivity index (χ3n) is 3.89. The number of nitrogens with zero attached hydrogens (tertiary/aromatic N) is 2. The zero-order valence-electron chi connectivity index (χ0n) is 11.5. The fraction of sp³-hybridized carbons (Fsp3) is 0.400. The van der Waals surface area contributed by atoms with Gasteiger partial charge in [-0.25, -0.2) is 4.98 Å². The van der Waals surface area contributed by atoms with Gasteiger partial charge in [-0.2, -0.15) is 0 Å². The van der Waals surface area contributed by atoms with E-state index in [1.807, 2.05) is 0 Å². The Kier molecular flexibility index (Phi) is 3.03. The number of hydrogen-bond acceptors (Lipinski definition) is 3. The number of aromatic nitrogens is 2. The number of nitrogens with one attached hydrogen (secondary N) is 1.